The third kappa shape index (κ3) is 6.15. The van der Waals surface area contributed by atoms with Gasteiger partial charge in [0.2, 0.25) is 0 Å². The van der Waals surface area contributed by atoms with Crippen molar-refractivity contribution >= 4 is 0 Å². The summed E-state index contributed by atoms with van der Waals surface area (Å²) < 4.78 is 26.6. The first-order chi connectivity index (χ1) is 13.3. The van der Waals surface area contributed by atoms with E-state index in [9.17, 15) is 8.78 Å². The van der Waals surface area contributed by atoms with Gasteiger partial charge < -0.3 is 0 Å². The summed E-state index contributed by atoms with van der Waals surface area (Å²) in [5, 5.41) is 0. The van der Waals surface area contributed by atoms with E-state index in [1.807, 2.05) is 26.0 Å². The van der Waals surface area contributed by atoms with E-state index in [2.05, 4.69) is 26.0 Å². The standard InChI is InChI=1S/2C13H17F/c2*1-9-3-6-12(8-13(9)14)10(2)7-11-4-5-11/h2*3,6,8,10-11H,4-5,7H2,1-2H3. The van der Waals surface area contributed by atoms with Crippen molar-refractivity contribution in [2.75, 3.05) is 0 Å². The molecule has 152 valence electrons. The Morgan fingerprint density at radius 2 is 1.07 bits per heavy atom. The number of hydrogen-bond donors (Lipinski definition) is 0. The van der Waals surface area contributed by atoms with Crippen molar-refractivity contribution < 1.29 is 8.78 Å². The molecule has 28 heavy (non-hydrogen) atoms. The molecule has 2 heteroatoms. The number of halogens is 2. The van der Waals surface area contributed by atoms with Gasteiger partial charge in [0.15, 0.2) is 0 Å². The van der Waals surface area contributed by atoms with E-state index in [0.717, 1.165) is 34.1 Å². The Morgan fingerprint density at radius 1 is 0.714 bits per heavy atom. The average molecular weight is 385 g/mol. The average Bonchev–Trinajstić information content (AvgIpc) is 3.57. The highest BCUT2D eigenvalue weighted by molar-refractivity contribution is 5.26. The van der Waals surface area contributed by atoms with E-state index in [4.69, 9.17) is 0 Å². The second kappa shape index (κ2) is 9.20. The molecule has 4 rings (SSSR count). The highest BCUT2D eigenvalue weighted by Crippen LogP contribution is 2.39. The first-order valence-corrected chi connectivity index (χ1v) is 10.9. The van der Waals surface area contributed by atoms with Crippen LogP contribution in [0.4, 0.5) is 8.78 Å². The second-order valence-electron chi connectivity index (χ2n) is 9.18. The van der Waals surface area contributed by atoms with Crippen LogP contribution in [-0.4, -0.2) is 0 Å². The molecule has 2 aliphatic carbocycles. The third-order valence-corrected chi connectivity index (χ3v) is 6.30. The molecule has 0 nitrogen and oxygen atoms in total. The van der Waals surface area contributed by atoms with Gasteiger partial charge in [0, 0.05) is 0 Å². The predicted octanol–water partition coefficient (Wildman–Crippen LogP) is 8.08. The van der Waals surface area contributed by atoms with E-state index in [1.165, 1.54) is 38.5 Å². The lowest BCUT2D eigenvalue weighted by molar-refractivity contribution is 0.593. The molecule has 0 radical (unpaired) electrons. The topological polar surface area (TPSA) is 0 Å². The van der Waals surface area contributed by atoms with Crippen LogP contribution in [0.3, 0.4) is 0 Å². The lowest BCUT2D eigenvalue weighted by Crippen LogP contribution is -1.96. The van der Waals surface area contributed by atoms with Crippen molar-refractivity contribution in [1.29, 1.82) is 0 Å². The first kappa shape index (κ1) is 21.0. The quantitative estimate of drug-likeness (QED) is 0.472. The molecule has 0 aliphatic heterocycles. The minimum absolute atomic E-state index is 0.0647. The summed E-state index contributed by atoms with van der Waals surface area (Å²) in [4.78, 5) is 0. The Kier molecular flexibility index (Phi) is 6.91. The van der Waals surface area contributed by atoms with Crippen LogP contribution in [0.25, 0.3) is 0 Å². The van der Waals surface area contributed by atoms with Crippen molar-refractivity contribution in [3.05, 3.63) is 70.3 Å². The molecule has 0 aromatic heterocycles. The van der Waals surface area contributed by atoms with Gasteiger partial charge in [-0.1, -0.05) is 63.8 Å². The molecule has 2 aliphatic rings. The van der Waals surface area contributed by atoms with Crippen LogP contribution in [0.5, 0.6) is 0 Å². The predicted molar refractivity (Wildman–Crippen MR) is 114 cm³/mol. The molecule has 2 aromatic carbocycles. The van der Waals surface area contributed by atoms with Crippen LogP contribution < -0.4 is 0 Å². The minimum atomic E-state index is -0.0647. The number of benzene rings is 2. The highest BCUT2D eigenvalue weighted by atomic mass is 19.1. The smallest absolute Gasteiger partial charge is 0.126 e. The molecule has 0 amide bonds. The molecule has 2 fully saturated rings. The summed E-state index contributed by atoms with van der Waals surface area (Å²) in [5.74, 6) is 2.72. The van der Waals surface area contributed by atoms with Gasteiger partial charge >= 0.3 is 0 Å². The lowest BCUT2D eigenvalue weighted by atomic mass is 9.94. The molecule has 0 saturated heterocycles. The van der Waals surface area contributed by atoms with Gasteiger partial charge in [-0.2, -0.15) is 0 Å². The maximum absolute atomic E-state index is 13.3. The molecular weight excluding hydrogens is 350 g/mol. The molecule has 0 spiro atoms. The van der Waals surface area contributed by atoms with Crippen LogP contribution >= 0.6 is 0 Å². The minimum Gasteiger partial charge on any atom is -0.207 e. The molecule has 0 heterocycles. The monoisotopic (exact) mass is 384 g/mol. The van der Waals surface area contributed by atoms with Crippen molar-refractivity contribution in [1.82, 2.24) is 0 Å². The fourth-order valence-corrected chi connectivity index (χ4v) is 3.81. The zero-order chi connectivity index (χ0) is 20.3. The van der Waals surface area contributed by atoms with Gasteiger partial charge in [0.25, 0.3) is 0 Å². The van der Waals surface area contributed by atoms with Gasteiger partial charge in [-0.15, -0.1) is 0 Å². The Morgan fingerprint density at radius 3 is 1.36 bits per heavy atom. The normalized spacial score (nSPS) is 18.2. The fourth-order valence-electron chi connectivity index (χ4n) is 3.81. The van der Waals surface area contributed by atoms with E-state index in [0.29, 0.717) is 11.8 Å². The summed E-state index contributed by atoms with van der Waals surface area (Å²) in [7, 11) is 0. The van der Waals surface area contributed by atoms with E-state index < -0.39 is 0 Å². The molecular formula is C26H34F2. The largest absolute Gasteiger partial charge is 0.207 e. The van der Waals surface area contributed by atoms with Crippen LogP contribution in [-0.2, 0) is 0 Å². The number of hydrogen-bond acceptors (Lipinski definition) is 0. The Labute approximate surface area is 169 Å². The van der Waals surface area contributed by atoms with Crippen LogP contribution in [0.1, 0.15) is 86.5 Å². The van der Waals surface area contributed by atoms with Crippen molar-refractivity contribution in [2.45, 2.75) is 78.1 Å². The van der Waals surface area contributed by atoms with E-state index in [-0.39, 0.29) is 11.6 Å². The SMILES string of the molecule is Cc1ccc(C(C)CC2CC2)cc1F.Cc1ccc(C(C)CC2CC2)cc1F. The summed E-state index contributed by atoms with van der Waals surface area (Å²) in [5.41, 5.74) is 3.79. The molecule has 0 bridgehead atoms. The maximum atomic E-state index is 13.3. The molecule has 0 N–H and O–H groups in total. The van der Waals surface area contributed by atoms with E-state index in [1.54, 1.807) is 12.1 Å². The van der Waals surface area contributed by atoms with Gasteiger partial charge in [-0.25, -0.2) is 8.78 Å². The van der Waals surface area contributed by atoms with Crippen LogP contribution in [0, 0.1) is 37.3 Å². The molecule has 2 unspecified atom stereocenters. The van der Waals surface area contributed by atoms with Gasteiger partial charge in [0.05, 0.1) is 0 Å². The summed E-state index contributed by atoms with van der Waals surface area (Å²) in [6.07, 6.45) is 7.94. The number of rotatable bonds is 6. The van der Waals surface area contributed by atoms with Gasteiger partial charge in [0.1, 0.15) is 11.6 Å². The summed E-state index contributed by atoms with van der Waals surface area (Å²) >= 11 is 0. The Balaban J connectivity index is 0.000000161. The van der Waals surface area contributed by atoms with Gasteiger partial charge in [-0.05, 0) is 84.7 Å². The summed E-state index contributed by atoms with van der Waals surface area (Å²) in [6, 6.07) is 11.3. The molecule has 2 saturated carbocycles. The van der Waals surface area contributed by atoms with Gasteiger partial charge in [-0.3, -0.25) is 0 Å². The highest BCUT2D eigenvalue weighted by Gasteiger charge is 2.25. The van der Waals surface area contributed by atoms with Crippen molar-refractivity contribution in [3.8, 4) is 0 Å². The fraction of sp³-hybridized carbons (Fsp3) is 0.538. The second-order valence-corrected chi connectivity index (χ2v) is 9.18. The molecule has 2 aromatic rings. The zero-order valence-corrected chi connectivity index (χ0v) is 17.8. The maximum Gasteiger partial charge on any atom is 0.126 e. The van der Waals surface area contributed by atoms with Crippen molar-refractivity contribution in [3.63, 3.8) is 0 Å². The first-order valence-electron chi connectivity index (χ1n) is 10.9. The van der Waals surface area contributed by atoms with Crippen molar-refractivity contribution in [2.24, 2.45) is 11.8 Å². The lowest BCUT2D eigenvalue weighted by Gasteiger charge is -2.11. The third-order valence-electron chi connectivity index (χ3n) is 6.30. The Bertz CT molecular complexity index is 720. The zero-order valence-electron chi connectivity index (χ0n) is 17.8. The summed E-state index contributed by atoms with van der Waals surface area (Å²) in [6.45, 7) is 8.01. The van der Waals surface area contributed by atoms with Crippen LogP contribution in [0.15, 0.2) is 36.4 Å². The number of aryl methyl sites for hydroxylation is 2. The molecule has 2 atom stereocenters. The van der Waals surface area contributed by atoms with Crippen LogP contribution in [0.2, 0.25) is 0 Å². The Hall–Kier alpha value is -1.70. The van der Waals surface area contributed by atoms with E-state index >= 15 is 0 Å².